The Morgan fingerprint density at radius 3 is 2.24 bits per heavy atom. The van der Waals surface area contributed by atoms with E-state index in [-0.39, 0.29) is 0 Å². The van der Waals surface area contributed by atoms with E-state index in [1.165, 1.54) is 48.8 Å². The lowest BCUT2D eigenvalue weighted by molar-refractivity contribution is 0.146. The van der Waals surface area contributed by atoms with Gasteiger partial charge in [0.2, 0.25) is 0 Å². The maximum atomic E-state index is 3.80. The molecule has 0 heterocycles. The molecule has 1 aromatic rings. The van der Waals surface area contributed by atoms with Gasteiger partial charge in [-0.2, -0.15) is 0 Å². The van der Waals surface area contributed by atoms with E-state index in [1.807, 2.05) is 0 Å². The Labute approximate surface area is 131 Å². The summed E-state index contributed by atoms with van der Waals surface area (Å²) < 4.78 is 0. The van der Waals surface area contributed by atoms with Crippen LogP contribution in [0.25, 0.3) is 0 Å². The molecule has 1 atom stereocenters. The van der Waals surface area contributed by atoms with E-state index in [4.69, 9.17) is 0 Å². The number of benzene rings is 1. The van der Waals surface area contributed by atoms with Crippen molar-refractivity contribution < 1.29 is 0 Å². The summed E-state index contributed by atoms with van der Waals surface area (Å²) >= 11 is 0. The Balaban J connectivity index is 2.33. The van der Waals surface area contributed by atoms with Crippen molar-refractivity contribution in [1.29, 1.82) is 0 Å². The lowest BCUT2D eigenvalue weighted by Crippen LogP contribution is -2.37. The third kappa shape index (κ3) is 3.69. The van der Waals surface area contributed by atoms with E-state index < -0.39 is 0 Å². The molecule has 118 valence electrons. The quantitative estimate of drug-likeness (QED) is 0.735. The summed E-state index contributed by atoms with van der Waals surface area (Å²) in [6.45, 7) is 10.3. The van der Waals surface area contributed by atoms with Crippen molar-refractivity contribution in [3.05, 3.63) is 34.9 Å². The smallest absolute Gasteiger partial charge is 0.0374 e. The minimum atomic E-state index is 0.424. The van der Waals surface area contributed by atoms with E-state index in [0.29, 0.717) is 11.5 Å². The van der Waals surface area contributed by atoms with Crippen LogP contribution in [0.3, 0.4) is 0 Å². The minimum Gasteiger partial charge on any atom is -0.310 e. The standard InChI is InChI=1S/C20H33N/c1-5-16-11-12-18(15-17(16)6-2)19(21-7-3)20(4)13-9-8-10-14-20/h11-12,15,19,21H,5-10,13-14H2,1-4H3. The predicted octanol–water partition coefficient (Wildman–Crippen LogP) is 5.43. The van der Waals surface area contributed by atoms with Crippen LogP contribution < -0.4 is 5.32 Å². The summed E-state index contributed by atoms with van der Waals surface area (Å²) in [6, 6.07) is 7.74. The van der Waals surface area contributed by atoms with Gasteiger partial charge in [-0.15, -0.1) is 0 Å². The van der Waals surface area contributed by atoms with Crippen molar-refractivity contribution in [2.75, 3.05) is 6.54 Å². The Hall–Kier alpha value is -0.820. The monoisotopic (exact) mass is 287 g/mol. The molecule has 2 rings (SSSR count). The molecule has 1 heteroatoms. The molecule has 1 saturated carbocycles. The van der Waals surface area contributed by atoms with Crippen LogP contribution in [0.15, 0.2) is 18.2 Å². The Morgan fingerprint density at radius 1 is 1.00 bits per heavy atom. The zero-order valence-corrected chi connectivity index (χ0v) is 14.5. The number of hydrogen-bond acceptors (Lipinski definition) is 1. The first-order valence-electron chi connectivity index (χ1n) is 8.99. The molecule has 0 spiro atoms. The summed E-state index contributed by atoms with van der Waals surface area (Å²) in [4.78, 5) is 0. The third-order valence-corrected chi connectivity index (χ3v) is 5.43. The molecule has 0 radical (unpaired) electrons. The van der Waals surface area contributed by atoms with Gasteiger partial charge in [-0.05, 0) is 54.3 Å². The number of nitrogens with one attached hydrogen (secondary N) is 1. The molecular formula is C20H33N. The Morgan fingerprint density at radius 2 is 1.67 bits per heavy atom. The van der Waals surface area contributed by atoms with Crippen molar-refractivity contribution in [2.45, 2.75) is 78.7 Å². The van der Waals surface area contributed by atoms with Crippen molar-refractivity contribution in [3.8, 4) is 0 Å². The normalized spacial score (nSPS) is 19.4. The highest BCUT2D eigenvalue weighted by atomic mass is 14.9. The zero-order chi connectivity index (χ0) is 15.3. The molecule has 1 nitrogen and oxygen atoms in total. The van der Waals surface area contributed by atoms with E-state index in [9.17, 15) is 0 Å². The van der Waals surface area contributed by atoms with Crippen LogP contribution in [-0.4, -0.2) is 6.54 Å². The first-order chi connectivity index (χ1) is 10.1. The van der Waals surface area contributed by atoms with Gasteiger partial charge < -0.3 is 5.32 Å². The molecule has 21 heavy (non-hydrogen) atoms. The summed E-state index contributed by atoms with van der Waals surface area (Å²) in [5.41, 5.74) is 4.99. The highest BCUT2D eigenvalue weighted by molar-refractivity contribution is 5.34. The van der Waals surface area contributed by atoms with Gasteiger partial charge in [0.05, 0.1) is 0 Å². The molecule has 1 fully saturated rings. The van der Waals surface area contributed by atoms with Crippen LogP contribution >= 0.6 is 0 Å². The van der Waals surface area contributed by atoms with Crippen LogP contribution in [0.1, 0.15) is 82.5 Å². The number of aryl methyl sites for hydroxylation is 2. The maximum absolute atomic E-state index is 3.80. The Bertz CT molecular complexity index is 443. The van der Waals surface area contributed by atoms with Gasteiger partial charge in [-0.3, -0.25) is 0 Å². The number of hydrogen-bond donors (Lipinski definition) is 1. The third-order valence-electron chi connectivity index (χ3n) is 5.43. The molecule has 1 unspecified atom stereocenters. The molecule has 1 N–H and O–H groups in total. The van der Waals surface area contributed by atoms with Gasteiger partial charge in [-0.1, -0.05) is 65.2 Å². The van der Waals surface area contributed by atoms with E-state index in [0.717, 1.165) is 19.4 Å². The SMILES string of the molecule is CCNC(c1ccc(CC)c(CC)c1)C1(C)CCCCC1. The van der Waals surface area contributed by atoms with Gasteiger partial charge >= 0.3 is 0 Å². The van der Waals surface area contributed by atoms with Crippen LogP contribution in [0.4, 0.5) is 0 Å². The van der Waals surface area contributed by atoms with Gasteiger partial charge in [0.25, 0.3) is 0 Å². The summed E-state index contributed by atoms with van der Waals surface area (Å²) in [6.07, 6.45) is 9.23. The van der Waals surface area contributed by atoms with E-state index in [2.05, 4.69) is 51.2 Å². The highest BCUT2D eigenvalue weighted by Crippen LogP contribution is 2.45. The summed E-state index contributed by atoms with van der Waals surface area (Å²) in [7, 11) is 0. The molecular weight excluding hydrogens is 254 g/mol. The number of rotatable bonds is 6. The average Bonchev–Trinajstić information content (AvgIpc) is 2.52. The molecule has 0 amide bonds. The van der Waals surface area contributed by atoms with E-state index >= 15 is 0 Å². The average molecular weight is 287 g/mol. The lowest BCUT2D eigenvalue weighted by atomic mass is 9.68. The fourth-order valence-electron chi connectivity index (χ4n) is 4.12. The van der Waals surface area contributed by atoms with Gasteiger partial charge in [0.15, 0.2) is 0 Å². The van der Waals surface area contributed by atoms with Crippen molar-refractivity contribution in [2.24, 2.45) is 5.41 Å². The summed E-state index contributed by atoms with van der Waals surface area (Å²) in [5.74, 6) is 0. The van der Waals surface area contributed by atoms with Crippen molar-refractivity contribution in [3.63, 3.8) is 0 Å². The minimum absolute atomic E-state index is 0.424. The van der Waals surface area contributed by atoms with Crippen LogP contribution in [0.2, 0.25) is 0 Å². The maximum Gasteiger partial charge on any atom is 0.0374 e. The molecule has 0 aromatic heterocycles. The van der Waals surface area contributed by atoms with Gasteiger partial charge in [0.1, 0.15) is 0 Å². The molecule has 1 aromatic carbocycles. The lowest BCUT2D eigenvalue weighted by Gasteiger charge is -2.42. The van der Waals surface area contributed by atoms with Gasteiger partial charge in [-0.25, -0.2) is 0 Å². The summed E-state index contributed by atoms with van der Waals surface area (Å²) in [5, 5.41) is 3.80. The molecule has 1 aliphatic carbocycles. The van der Waals surface area contributed by atoms with Crippen LogP contribution in [-0.2, 0) is 12.8 Å². The fourth-order valence-corrected chi connectivity index (χ4v) is 4.12. The second kappa shape index (κ2) is 7.45. The molecule has 0 saturated heterocycles. The second-order valence-electron chi connectivity index (χ2n) is 6.94. The predicted molar refractivity (Wildman–Crippen MR) is 92.8 cm³/mol. The first kappa shape index (κ1) is 16.5. The van der Waals surface area contributed by atoms with Gasteiger partial charge in [0, 0.05) is 6.04 Å². The molecule has 0 aliphatic heterocycles. The largest absolute Gasteiger partial charge is 0.310 e. The van der Waals surface area contributed by atoms with Crippen molar-refractivity contribution in [1.82, 2.24) is 5.32 Å². The molecule has 1 aliphatic rings. The van der Waals surface area contributed by atoms with Crippen LogP contribution in [0.5, 0.6) is 0 Å². The Kier molecular flexibility index (Phi) is 5.87. The fraction of sp³-hybridized carbons (Fsp3) is 0.700. The highest BCUT2D eigenvalue weighted by Gasteiger charge is 2.35. The zero-order valence-electron chi connectivity index (χ0n) is 14.5. The molecule has 0 bridgehead atoms. The second-order valence-corrected chi connectivity index (χ2v) is 6.94. The first-order valence-corrected chi connectivity index (χ1v) is 8.99. The van der Waals surface area contributed by atoms with E-state index in [1.54, 1.807) is 0 Å². The van der Waals surface area contributed by atoms with Crippen LogP contribution in [0, 0.1) is 5.41 Å². The topological polar surface area (TPSA) is 12.0 Å². The van der Waals surface area contributed by atoms with Crippen molar-refractivity contribution >= 4 is 0 Å².